The summed E-state index contributed by atoms with van der Waals surface area (Å²) in [5, 5.41) is 9.39. The number of nitrogens with one attached hydrogen (secondary N) is 3. The lowest BCUT2D eigenvalue weighted by atomic mass is 9.94. The van der Waals surface area contributed by atoms with Crippen LogP contribution < -0.4 is 21.7 Å². The molecule has 3 rings (SSSR count). The van der Waals surface area contributed by atoms with Gasteiger partial charge in [0.15, 0.2) is 11.5 Å². The number of nitrogens with zero attached hydrogens (tertiary/aromatic N) is 1. The van der Waals surface area contributed by atoms with Gasteiger partial charge in [-0.25, -0.2) is 14.2 Å². The van der Waals surface area contributed by atoms with Gasteiger partial charge in [0.25, 0.3) is 0 Å². The molecule has 0 aromatic rings. The van der Waals surface area contributed by atoms with E-state index >= 15 is 0 Å². The number of urea groups is 1. The first-order valence-electron chi connectivity index (χ1n) is 8.56. The van der Waals surface area contributed by atoms with Crippen molar-refractivity contribution < 1.29 is 9.18 Å². The molecule has 6 nitrogen and oxygen atoms in total. The highest BCUT2D eigenvalue weighted by Gasteiger charge is 2.35. The smallest absolute Gasteiger partial charge is 0.321 e. The Morgan fingerprint density at radius 1 is 1.22 bits per heavy atom. The maximum atomic E-state index is 13.3. The molecule has 23 heavy (non-hydrogen) atoms. The molecule has 1 heterocycles. The lowest BCUT2D eigenvalue weighted by molar-refractivity contribution is 0.205. The SMILES string of the molecule is NC(=NC1NC2CCCCC2S1)NC(=O)NC1CCCC(F)C1. The topological polar surface area (TPSA) is 91.5 Å². The second kappa shape index (κ2) is 7.70. The predicted octanol–water partition coefficient (Wildman–Crippen LogP) is 1.81. The zero-order valence-corrected chi connectivity index (χ0v) is 14.1. The molecule has 5 atom stereocenters. The number of carbonyl (C=O) groups excluding carboxylic acids is 1. The van der Waals surface area contributed by atoms with E-state index in [1.54, 1.807) is 11.8 Å². The van der Waals surface area contributed by atoms with E-state index in [0.29, 0.717) is 24.1 Å². The summed E-state index contributed by atoms with van der Waals surface area (Å²) in [4.78, 5) is 16.3. The number of rotatable bonds is 2. The third-order valence-electron chi connectivity index (χ3n) is 4.81. The summed E-state index contributed by atoms with van der Waals surface area (Å²) in [5.74, 6) is 0.110. The Balaban J connectivity index is 1.44. The number of guanidine groups is 1. The van der Waals surface area contributed by atoms with Gasteiger partial charge in [-0.3, -0.25) is 10.6 Å². The van der Waals surface area contributed by atoms with Crippen LogP contribution in [0.2, 0.25) is 0 Å². The maximum Gasteiger partial charge on any atom is 0.321 e. The van der Waals surface area contributed by atoms with Crippen molar-refractivity contribution in [2.24, 2.45) is 10.7 Å². The zero-order chi connectivity index (χ0) is 16.2. The van der Waals surface area contributed by atoms with E-state index in [2.05, 4.69) is 20.9 Å². The summed E-state index contributed by atoms with van der Waals surface area (Å²) in [6, 6.07) is -0.00739. The standard InChI is InChI=1S/C15H26FN5OS/c16-9-4-3-5-10(8-9)18-14(22)20-13(17)21-15-19-11-6-1-2-7-12(11)23-15/h9-12,15,19H,1-8H2,(H4,17,18,20,21,22). The van der Waals surface area contributed by atoms with E-state index in [1.807, 2.05) is 0 Å². The molecule has 1 aliphatic heterocycles. The highest BCUT2D eigenvalue weighted by Crippen LogP contribution is 2.37. The molecular weight excluding hydrogens is 317 g/mol. The van der Waals surface area contributed by atoms with E-state index in [4.69, 9.17) is 5.73 Å². The molecule has 0 aromatic heterocycles. The number of hydrogen-bond donors (Lipinski definition) is 4. The monoisotopic (exact) mass is 343 g/mol. The molecular formula is C15H26FN5OS. The highest BCUT2D eigenvalue weighted by molar-refractivity contribution is 8.00. The van der Waals surface area contributed by atoms with Gasteiger partial charge < -0.3 is 11.1 Å². The number of amides is 2. The Bertz CT molecular complexity index is 449. The van der Waals surface area contributed by atoms with Crippen LogP contribution in [0.4, 0.5) is 9.18 Å². The number of aliphatic imine (C=N–C) groups is 1. The number of nitrogens with two attached hydrogens (primary N) is 1. The van der Waals surface area contributed by atoms with Crippen LogP contribution in [-0.4, -0.2) is 41.0 Å². The first kappa shape index (κ1) is 16.8. The summed E-state index contributed by atoms with van der Waals surface area (Å²) < 4.78 is 13.3. The third-order valence-corrected chi connectivity index (χ3v) is 6.22. The van der Waals surface area contributed by atoms with Crippen molar-refractivity contribution in [3.05, 3.63) is 0 Å². The van der Waals surface area contributed by atoms with Gasteiger partial charge in [-0.1, -0.05) is 12.8 Å². The predicted molar refractivity (Wildman–Crippen MR) is 91.0 cm³/mol. The van der Waals surface area contributed by atoms with Gasteiger partial charge in [-0.2, -0.15) is 0 Å². The van der Waals surface area contributed by atoms with Crippen molar-refractivity contribution in [2.45, 2.75) is 80.4 Å². The summed E-state index contributed by atoms with van der Waals surface area (Å²) in [6.07, 6.45) is 6.72. The van der Waals surface area contributed by atoms with Crippen LogP contribution in [0.3, 0.4) is 0 Å². The first-order chi connectivity index (χ1) is 11.1. The van der Waals surface area contributed by atoms with Crippen molar-refractivity contribution in [1.29, 1.82) is 0 Å². The van der Waals surface area contributed by atoms with Crippen LogP contribution in [0.5, 0.6) is 0 Å². The Labute approximate surface area is 140 Å². The molecule has 130 valence electrons. The van der Waals surface area contributed by atoms with Crippen molar-refractivity contribution in [1.82, 2.24) is 16.0 Å². The van der Waals surface area contributed by atoms with Crippen molar-refractivity contribution in [2.75, 3.05) is 0 Å². The van der Waals surface area contributed by atoms with Crippen molar-refractivity contribution >= 4 is 23.8 Å². The Morgan fingerprint density at radius 3 is 2.83 bits per heavy atom. The Kier molecular flexibility index (Phi) is 5.63. The average molecular weight is 343 g/mol. The Morgan fingerprint density at radius 2 is 2.04 bits per heavy atom. The molecule has 8 heteroatoms. The van der Waals surface area contributed by atoms with Gasteiger partial charge in [-0.05, 0) is 38.5 Å². The van der Waals surface area contributed by atoms with E-state index in [1.165, 1.54) is 25.7 Å². The lowest BCUT2D eigenvalue weighted by Gasteiger charge is -2.25. The van der Waals surface area contributed by atoms with Crippen LogP contribution in [0, 0.1) is 0 Å². The molecule has 2 saturated carbocycles. The molecule has 1 saturated heterocycles. The number of alkyl halides is 1. The van der Waals surface area contributed by atoms with Crippen LogP contribution >= 0.6 is 11.8 Å². The van der Waals surface area contributed by atoms with Crippen LogP contribution in [-0.2, 0) is 0 Å². The second-order valence-corrected chi connectivity index (χ2v) is 7.98. The highest BCUT2D eigenvalue weighted by atomic mass is 32.2. The van der Waals surface area contributed by atoms with Crippen LogP contribution in [0.1, 0.15) is 51.4 Å². The number of carbonyl (C=O) groups is 1. The summed E-state index contributed by atoms with van der Waals surface area (Å²) in [6.45, 7) is 0. The molecule has 3 fully saturated rings. The van der Waals surface area contributed by atoms with Gasteiger partial charge in [0.05, 0.1) is 0 Å². The van der Waals surface area contributed by atoms with Gasteiger partial charge in [-0.15, -0.1) is 11.8 Å². The average Bonchev–Trinajstić information content (AvgIpc) is 2.88. The van der Waals surface area contributed by atoms with E-state index < -0.39 is 12.2 Å². The molecule has 0 bridgehead atoms. The van der Waals surface area contributed by atoms with E-state index in [0.717, 1.165) is 12.8 Å². The van der Waals surface area contributed by atoms with Gasteiger partial charge in [0.2, 0.25) is 0 Å². The number of halogens is 1. The molecule has 5 unspecified atom stereocenters. The lowest BCUT2D eigenvalue weighted by Crippen LogP contribution is -2.49. The largest absolute Gasteiger partial charge is 0.370 e. The number of fused-ring (bicyclic) bond motifs is 1. The molecule has 3 aliphatic rings. The molecule has 0 spiro atoms. The Hall–Kier alpha value is -1.02. The maximum absolute atomic E-state index is 13.3. The summed E-state index contributed by atoms with van der Waals surface area (Å²) >= 11 is 1.79. The minimum atomic E-state index is -0.817. The fourth-order valence-electron chi connectivity index (χ4n) is 3.66. The quantitative estimate of drug-likeness (QED) is 0.455. The van der Waals surface area contributed by atoms with Crippen molar-refractivity contribution in [3.8, 4) is 0 Å². The number of hydrogen-bond acceptors (Lipinski definition) is 4. The van der Waals surface area contributed by atoms with Crippen LogP contribution in [0.15, 0.2) is 4.99 Å². The number of thioether (sulfide) groups is 1. The van der Waals surface area contributed by atoms with Gasteiger partial charge in [0, 0.05) is 17.3 Å². The fraction of sp³-hybridized carbons (Fsp3) is 0.867. The summed E-state index contributed by atoms with van der Waals surface area (Å²) in [7, 11) is 0. The zero-order valence-electron chi connectivity index (χ0n) is 13.3. The molecule has 0 radical (unpaired) electrons. The fourth-order valence-corrected chi connectivity index (χ4v) is 5.13. The molecule has 5 N–H and O–H groups in total. The van der Waals surface area contributed by atoms with Crippen LogP contribution in [0.25, 0.3) is 0 Å². The van der Waals surface area contributed by atoms with E-state index in [-0.39, 0.29) is 17.5 Å². The van der Waals surface area contributed by atoms with Gasteiger partial charge >= 0.3 is 6.03 Å². The normalized spacial score (nSPS) is 38.0. The minimum absolute atomic E-state index is 0.0895. The second-order valence-electron chi connectivity index (χ2n) is 6.66. The molecule has 0 aromatic carbocycles. The molecule has 2 amide bonds. The summed E-state index contributed by atoms with van der Waals surface area (Å²) in [5.41, 5.74) is 5.74. The van der Waals surface area contributed by atoms with E-state index in [9.17, 15) is 9.18 Å². The van der Waals surface area contributed by atoms with Crippen molar-refractivity contribution in [3.63, 3.8) is 0 Å². The van der Waals surface area contributed by atoms with Gasteiger partial charge in [0.1, 0.15) is 6.17 Å². The third kappa shape index (κ3) is 4.73. The first-order valence-corrected chi connectivity index (χ1v) is 9.51. The minimum Gasteiger partial charge on any atom is -0.370 e. The molecule has 2 aliphatic carbocycles.